The average Bonchev–Trinajstić information content (AvgIpc) is 2.26. The van der Waals surface area contributed by atoms with Crippen LogP contribution in [0.25, 0.3) is 0 Å². The van der Waals surface area contributed by atoms with Gasteiger partial charge in [-0.05, 0) is 25.2 Å². The zero-order valence-corrected chi connectivity index (χ0v) is 11.0. The third-order valence-electron chi connectivity index (χ3n) is 2.47. The summed E-state index contributed by atoms with van der Waals surface area (Å²) in [6, 6.07) is -0.771. The van der Waals surface area contributed by atoms with Gasteiger partial charge >= 0.3 is 0 Å². The van der Waals surface area contributed by atoms with Crippen molar-refractivity contribution in [3.63, 3.8) is 0 Å². The van der Waals surface area contributed by atoms with Crippen LogP contribution in [0.1, 0.15) is 39.5 Å². The van der Waals surface area contributed by atoms with E-state index >= 15 is 0 Å². The molecule has 0 bridgehead atoms. The molecule has 0 radical (unpaired) electrons. The van der Waals surface area contributed by atoms with Gasteiger partial charge < -0.3 is 16.2 Å². The molecule has 5 nitrogen and oxygen atoms in total. The Kier molecular flexibility index (Phi) is 7.81. The highest BCUT2D eigenvalue weighted by Gasteiger charge is 2.22. The molecule has 0 aliphatic carbocycles. The first kappa shape index (κ1) is 16.5. The molecule has 0 saturated heterocycles. The molecule has 0 spiro atoms. The van der Waals surface area contributed by atoms with E-state index in [0.29, 0.717) is 25.7 Å². The lowest BCUT2D eigenvalue weighted by Gasteiger charge is -2.18. The number of hydrogen-bond acceptors (Lipinski definition) is 3. The van der Waals surface area contributed by atoms with E-state index in [1.807, 2.05) is 13.8 Å². The minimum atomic E-state index is -1.11. The number of primary amides is 1. The van der Waals surface area contributed by atoms with Gasteiger partial charge in [-0.2, -0.15) is 0 Å². The van der Waals surface area contributed by atoms with E-state index in [9.17, 15) is 14.7 Å². The van der Waals surface area contributed by atoms with Crippen LogP contribution in [0.15, 0.2) is 0 Å². The molecule has 18 heavy (non-hydrogen) atoms. The van der Waals surface area contributed by atoms with Gasteiger partial charge in [0.15, 0.2) is 0 Å². The fourth-order valence-electron chi connectivity index (χ4n) is 1.52. The van der Waals surface area contributed by atoms with Crippen molar-refractivity contribution in [3.05, 3.63) is 0 Å². The standard InChI is InChI=1S/C13H22N2O3/c1-4-5-6-7-10(12(14)17)15-13(18)11(16)8-9(2)3/h1,9-11,16H,5-8H2,2-3H3,(H2,14,17)(H,15,18)/t10-,11-/m0/s1. The minimum Gasteiger partial charge on any atom is -0.383 e. The van der Waals surface area contributed by atoms with E-state index in [-0.39, 0.29) is 5.92 Å². The number of aliphatic hydroxyl groups excluding tert-OH is 1. The summed E-state index contributed by atoms with van der Waals surface area (Å²) in [4.78, 5) is 22.8. The normalized spacial score (nSPS) is 13.7. The van der Waals surface area contributed by atoms with Crippen molar-refractivity contribution in [1.82, 2.24) is 5.32 Å². The van der Waals surface area contributed by atoms with E-state index in [1.54, 1.807) is 0 Å². The van der Waals surface area contributed by atoms with Crippen LogP contribution in [-0.4, -0.2) is 29.1 Å². The molecule has 102 valence electrons. The van der Waals surface area contributed by atoms with Crippen LogP contribution in [0.5, 0.6) is 0 Å². The molecule has 4 N–H and O–H groups in total. The van der Waals surface area contributed by atoms with Gasteiger partial charge in [0.2, 0.25) is 11.8 Å². The van der Waals surface area contributed by atoms with E-state index < -0.39 is 24.0 Å². The van der Waals surface area contributed by atoms with Gasteiger partial charge in [-0.25, -0.2) is 0 Å². The van der Waals surface area contributed by atoms with Gasteiger partial charge in [-0.15, -0.1) is 12.3 Å². The summed E-state index contributed by atoms with van der Waals surface area (Å²) >= 11 is 0. The number of nitrogens with two attached hydrogens (primary N) is 1. The second-order valence-corrected chi connectivity index (χ2v) is 4.71. The van der Waals surface area contributed by atoms with Crippen molar-refractivity contribution in [2.45, 2.75) is 51.7 Å². The molecule has 5 heteroatoms. The fraction of sp³-hybridized carbons (Fsp3) is 0.692. The molecule has 0 heterocycles. The smallest absolute Gasteiger partial charge is 0.249 e. The van der Waals surface area contributed by atoms with Crippen LogP contribution >= 0.6 is 0 Å². The molecule has 0 aliphatic heterocycles. The highest BCUT2D eigenvalue weighted by molar-refractivity contribution is 5.88. The molecule has 0 rings (SSSR count). The number of nitrogens with one attached hydrogen (secondary N) is 1. The first-order chi connectivity index (χ1) is 8.38. The van der Waals surface area contributed by atoms with Crippen LogP contribution in [-0.2, 0) is 9.59 Å². The predicted octanol–water partition coefficient (Wildman–Crippen LogP) is 0.167. The second kappa shape index (κ2) is 8.54. The minimum absolute atomic E-state index is 0.194. The highest BCUT2D eigenvalue weighted by atomic mass is 16.3. The number of amides is 2. The lowest BCUT2D eigenvalue weighted by molar-refractivity contribution is -0.133. The van der Waals surface area contributed by atoms with Crippen LogP contribution in [0.3, 0.4) is 0 Å². The van der Waals surface area contributed by atoms with E-state index in [1.165, 1.54) is 0 Å². The Morgan fingerprint density at radius 1 is 1.44 bits per heavy atom. The van der Waals surface area contributed by atoms with Crippen molar-refractivity contribution in [2.24, 2.45) is 11.7 Å². The summed E-state index contributed by atoms with van der Waals surface area (Å²) < 4.78 is 0. The molecule has 0 saturated carbocycles. The average molecular weight is 254 g/mol. The fourth-order valence-corrected chi connectivity index (χ4v) is 1.52. The van der Waals surface area contributed by atoms with Crippen LogP contribution < -0.4 is 11.1 Å². The van der Waals surface area contributed by atoms with Crippen LogP contribution in [0.2, 0.25) is 0 Å². The number of hydrogen-bond donors (Lipinski definition) is 3. The zero-order valence-electron chi connectivity index (χ0n) is 11.0. The molecule has 0 fully saturated rings. The number of terminal acetylenes is 1. The lowest BCUT2D eigenvalue weighted by Crippen LogP contribution is -2.48. The van der Waals surface area contributed by atoms with Gasteiger partial charge in [0.1, 0.15) is 12.1 Å². The van der Waals surface area contributed by atoms with E-state index in [4.69, 9.17) is 12.2 Å². The first-order valence-electron chi connectivity index (χ1n) is 6.09. The molecule has 2 atom stereocenters. The Morgan fingerprint density at radius 2 is 2.06 bits per heavy atom. The van der Waals surface area contributed by atoms with Crippen molar-refractivity contribution < 1.29 is 14.7 Å². The molecule has 0 unspecified atom stereocenters. The summed E-state index contributed by atoms with van der Waals surface area (Å²) in [5.74, 6) is 1.47. The summed E-state index contributed by atoms with van der Waals surface area (Å²) in [6.07, 6.45) is 5.85. The second-order valence-electron chi connectivity index (χ2n) is 4.71. The molecule has 0 aromatic carbocycles. The van der Waals surface area contributed by atoms with Gasteiger partial charge in [-0.3, -0.25) is 9.59 Å². The van der Waals surface area contributed by atoms with E-state index in [0.717, 1.165) is 0 Å². The topological polar surface area (TPSA) is 92.4 Å². The third kappa shape index (κ3) is 6.92. The SMILES string of the molecule is C#CCCC[C@H](NC(=O)[C@@H](O)CC(C)C)C(N)=O. The summed E-state index contributed by atoms with van der Waals surface area (Å²) in [6.45, 7) is 3.80. The number of aliphatic hydroxyl groups is 1. The Hall–Kier alpha value is -1.54. The Bertz CT molecular complexity index is 321. The number of rotatable bonds is 8. The van der Waals surface area contributed by atoms with Gasteiger partial charge in [0.05, 0.1) is 0 Å². The largest absolute Gasteiger partial charge is 0.383 e. The number of unbranched alkanes of at least 4 members (excludes halogenated alkanes) is 1. The van der Waals surface area contributed by atoms with Gasteiger partial charge in [0.25, 0.3) is 0 Å². The summed E-state index contributed by atoms with van der Waals surface area (Å²) in [7, 11) is 0. The summed E-state index contributed by atoms with van der Waals surface area (Å²) in [5.41, 5.74) is 5.18. The molecule has 2 amide bonds. The third-order valence-corrected chi connectivity index (χ3v) is 2.47. The lowest BCUT2D eigenvalue weighted by atomic mass is 10.0. The van der Waals surface area contributed by atoms with Crippen molar-refractivity contribution in [3.8, 4) is 12.3 Å². The van der Waals surface area contributed by atoms with Crippen LogP contribution in [0, 0.1) is 18.3 Å². The molecule has 0 aromatic heterocycles. The summed E-state index contributed by atoms with van der Waals surface area (Å²) in [5, 5.41) is 12.0. The van der Waals surface area contributed by atoms with Crippen molar-refractivity contribution in [2.75, 3.05) is 0 Å². The van der Waals surface area contributed by atoms with Crippen molar-refractivity contribution >= 4 is 11.8 Å². The van der Waals surface area contributed by atoms with Crippen LogP contribution in [0.4, 0.5) is 0 Å². The van der Waals surface area contributed by atoms with E-state index in [2.05, 4.69) is 11.2 Å². The Labute approximate surface area is 108 Å². The number of carbonyl (C=O) groups excluding carboxylic acids is 2. The predicted molar refractivity (Wildman–Crippen MR) is 69.3 cm³/mol. The highest BCUT2D eigenvalue weighted by Crippen LogP contribution is 2.06. The molecular formula is C13H22N2O3. The molecule has 0 aliphatic rings. The maximum absolute atomic E-state index is 11.6. The molecular weight excluding hydrogens is 232 g/mol. The number of carbonyl (C=O) groups is 2. The first-order valence-corrected chi connectivity index (χ1v) is 6.09. The quantitative estimate of drug-likeness (QED) is 0.426. The molecule has 0 aromatic rings. The monoisotopic (exact) mass is 254 g/mol. The maximum Gasteiger partial charge on any atom is 0.249 e. The zero-order chi connectivity index (χ0) is 14.1. The Balaban J connectivity index is 4.27. The van der Waals surface area contributed by atoms with Crippen molar-refractivity contribution in [1.29, 1.82) is 0 Å². The van der Waals surface area contributed by atoms with Gasteiger partial charge in [0, 0.05) is 6.42 Å². The Morgan fingerprint density at radius 3 is 2.50 bits per heavy atom. The maximum atomic E-state index is 11.6. The van der Waals surface area contributed by atoms with Gasteiger partial charge in [-0.1, -0.05) is 13.8 Å².